The van der Waals surface area contributed by atoms with Gasteiger partial charge in [-0.25, -0.2) is 13.9 Å². The molecule has 10 nitrogen and oxygen atoms in total. The molecule has 39 heavy (non-hydrogen) atoms. The molecular weight excluding hydrogens is 520 g/mol. The van der Waals surface area contributed by atoms with Gasteiger partial charge in [-0.1, -0.05) is 12.1 Å². The van der Waals surface area contributed by atoms with Gasteiger partial charge in [0.25, 0.3) is 11.8 Å². The molecule has 4 aromatic rings. The fourth-order valence-corrected chi connectivity index (χ4v) is 4.80. The smallest absolute Gasteiger partial charge is 0.382 e. The van der Waals surface area contributed by atoms with Gasteiger partial charge in [-0.2, -0.15) is 23.4 Å². The van der Waals surface area contributed by atoms with Crippen LogP contribution in [0.15, 0.2) is 36.7 Å². The molecule has 204 valence electrons. The van der Waals surface area contributed by atoms with Crippen molar-refractivity contribution < 1.29 is 27.2 Å². The average Bonchev–Trinajstić information content (AvgIpc) is 3.54. The van der Waals surface area contributed by atoms with Gasteiger partial charge in [0, 0.05) is 24.7 Å². The first kappa shape index (κ1) is 26.1. The zero-order valence-electron chi connectivity index (χ0n) is 21.1. The first-order valence-electron chi connectivity index (χ1n) is 11.9. The van der Waals surface area contributed by atoms with E-state index in [1.165, 1.54) is 15.6 Å². The average molecular weight is 545 g/mol. The fraction of sp³-hybridized carbons (Fsp3) is 0.320. The molecule has 3 N–H and O–H groups in total. The number of aryl methyl sites for hydroxylation is 3. The molecule has 0 bridgehead atoms. The number of likely N-dealkylation sites (tertiary alicyclic amines) is 1. The van der Waals surface area contributed by atoms with Crippen molar-refractivity contribution in [2.24, 2.45) is 7.05 Å². The Balaban J connectivity index is 1.41. The predicted molar refractivity (Wildman–Crippen MR) is 133 cm³/mol. The van der Waals surface area contributed by atoms with Gasteiger partial charge in [0.1, 0.15) is 23.7 Å². The van der Waals surface area contributed by atoms with E-state index in [-0.39, 0.29) is 35.7 Å². The van der Waals surface area contributed by atoms with Gasteiger partial charge in [-0.3, -0.25) is 14.3 Å². The Morgan fingerprint density at radius 3 is 2.54 bits per heavy atom. The minimum Gasteiger partial charge on any atom is -0.382 e. The summed E-state index contributed by atoms with van der Waals surface area (Å²) in [6.07, 6.45) is -5.20. The molecule has 0 aliphatic carbocycles. The summed E-state index contributed by atoms with van der Waals surface area (Å²) >= 11 is 0. The molecule has 2 atom stereocenters. The number of nitrogens with two attached hydrogens (primary N) is 1. The van der Waals surface area contributed by atoms with Crippen LogP contribution in [-0.2, 0) is 13.2 Å². The highest BCUT2D eigenvalue weighted by Crippen LogP contribution is 2.38. The number of anilines is 1. The fourth-order valence-electron chi connectivity index (χ4n) is 4.80. The summed E-state index contributed by atoms with van der Waals surface area (Å²) in [5.74, 6) is -1.37. The molecule has 1 aliphatic heterocycles. The van der Waals surface area contributed by atoms with Crippen LogP contribution >= 0.6 is 0 Å². The molecule has 4 heterocycles. The first-order valence-corrected chi connectivity index (χ1v) is 11.9. The highest BCUT2D eigenvalue weighted by atomic mass is 19.4. The number of halogens is 4. The number of carbonyl (C=O) groups is 2. The van der Waals surface area contributed by atoms with Gasteiger partial charge < -0.3 is 16.0 Å². The van der Waals surface area contributed by atoms with Gasteiger partial charge in [0.15, 0.2) is 5.82 Å². The molecule has 0 unspecified atom stereocenters. The summed E-state index contributed by atoms with van der Waals surface area (Å²) in [5.41, 5.74) is 6.24. The monoisotopic (exact) mass is 544 g/mol. The summed E-state index contributed by atoms with van der Waals surface area (Å²) in [6, 6.07) is 6.06. The van der Waals surface area contributed by atoms with Crippen LogP contribution in [-0.4, -0.2) is 66.4 Å². The molecule has 0 spiro atoms. The van der Waals surface area contributed by atoms with E-state index in [9.17, 15) is 27.2 Å². The standard InChI is InChI=1S/C25H24F4N8O2/c1-12-4-5-14(19-8-16(25(27,28)29)21-22(30)31-11-32-37(19)21)7-15(12)23(38)33-18-10-36(9-17(18)26)24(39)20-6-13(2)34-35(20)3/h4-8,11,17-18H,9-10H2,1-3H3,(H,33,38)(H2,30,31,32)/t17-,18+/m0/s1. The summed E-state index contributed by atoms with van der Waals surface area (Å²) in [6.45, 7) is 3.13. The van der Waals surface area contributed by atoms with E-state index in [0.717, 1.165) is 16.9 Å². The Morgan fingerprint density at radius 2 is 1.87 bits per heavy atom. The quantitative estimate of drug-likeness (QED) is 0.381. The molecule has 0 saturated carbocycles. The first-order chi connectivity index (χ1) is 18.3. The van der Waals surface area contributed by atoms with Crippen molar-refractivity contribution in [3.05, 3.63) is 64.7 Å². The second-order valence-electron chi connectivity index (χ2n) is 9.48. The van der Waals surface area contributed by atoms with Crippen molar-refractivity contribution in [3.63, 3.8) is 0 Å². The zero-order chi connectivity index (χ0) is 28.2. The second kappa shape index (κ2) is 9.36. The van der Waals surface area contributed by atoms with E-state index in [2.05, 4.69) is 20.5 Å². The molecule has 5 rings (SSSR count). The number of benzene rings is 1. The molecule has 2 amide bonds. The van der Waals surface area contributed by atoms with Crippen molar-refractivity contribution in [2.45, 2.75) is 32.2 Å². The molecule has 1 fully saturated rings. The number of hydrogen-bond donors (Lipinski definition) is 2. The highest BCUT2D eigenvalue weighted by Gasteiger charge is 2.38. The minimum absolute atomic E-state index is 0.0490. The molecular formula is C25H24F4N8O2. The Kier molecular flexibility index (Phi) is 6.27. The van der Waals surface area contributed by atoms with E-state index in [0.29, 0.717) is 17.0 Å². The topological polar surface area (TPSA) is 123 Å². The van der Waals surface area contributed by atoms with Crippen LogP contribution < -0.4 is 11.1 Å². The number of nitrogens with zero attached hydrogens (tertiary/aromatic N) is 6. The van der Waals surface area contributed by atoms with Crippen LogP contribution in [0, 0.1) is 13.8 Å². The number of aromatic nitrogens is 5. The number of nitrogen functional groups attached to an aromatic ring is 1. The normalized spacial score (nSPS) is 17.7. The van der Waals surface area contributed by atoms with Crippen molar-refractivity contribution in [1.29, 1.82) is 0 Å². The lowest BCUT2D eigenvalue weighted by molar-refractivity contribution is -0.136. The zero-order valence-corrected chi connectivity index (χ0v) is 21.1. The van der Waals surface area contributed by atoms with E-state index < -0.39 is 41.3 Å². The summed E-state index contributed by atoms with van der Waals surface area (Å²) in [7, 11) is 1.62. The van der Waals surface area contributed by atoms with E-state index >= 15 is 0 Å². The predicted octanol–water partition coefficient (Wildman–Crippen LogP) is 2.94. The Labute approximate surface area is 219 Å². The molecule has 1 aromatic carbocycles. The van der Waals surface area contributed by atoms with Gasteiger partial charge in [0.2, 0.25) is 0 Å². The van der Waals surface area contributed by atoms with Crippen LogP contribution in [0.4, 0.5) is 23.4 Å². The van der Waals surface area contributed by atoms with E-state index in [1.54, 1.807) is 39.1 Å². The lowest BCUT2D eigenvalue weighted by atomic mass is 10.0. The summed E-state index contributed by atoms with van der Waals surface area (Å²) < 4.78 is 58.5. The highest BCUT2D eigenvalue weighted by molar-refractivity contribution is 5.97. The third kappa shape index (κ3) is 4.66. The minimum atomic E-state index is -4.72. The number of carbonyl (C=O) groups excluding carboxylic acids is 2. The Bertz CT molecular complexity index is 1610. The number of nitrogens with one attached hydrogen (secondary N) is 1. The SMILES string of the molecule is Cc1cc(C(=O)N2C[C@H](F)[C@H](NC(=O)c3cc(-c4cc(C(F)(F)F)c5c(N)ncnn45)ccc3C)C2)n(C)n1. The lowest BCUT2D eigenvalue weighted by Gasteiger charge is -2.17. The van der Waals surface area contributed by atoms with Gasteiger partial charge >= 0.3 is 6.18 Å². The van der Waals surface area contributed by atoms with Crippen molar-refractivity contribution in [3.8, 4) is 11.3 Å². The molecule has 14 heteroatoms. The van der Waals surface area contributed by atoms with E-state index in [4.69, 9.17) is 5.73 Å². The van der Waals surface area contributed by atoms with Gasteiger partial charge in [0.05, 0.1) is 29.5 Å². The number of fused-ring (bicyclic) bond motifs is 1. The number of amides is 2. The van der Waals surface area contributed by atoms with Crippen LogP contribution in [0.3, 0.4) is 0 Å². The van der Waals surface area contributed by atoms with Crippen LogP contribution in [0.25, 0.3) is 16.8 Å². The Morgan fingerprint density at radius 1 is 1.13 bits per heavy atom. The number of alkyl halides is 4. The van der Waals surface area contributed by atoms with Crippen molar-refractivity contribution >= 4 is 23.1 Å². The third-order valence-corrected chi connectivity index (χ3v) is 6.74. The number of hydrogen-bond acceptors (Lipinski definition) is 6. The molecule has 1 aliphatic rings. The second-order valence-corrected chi connectivity index (χ2v) is 9.48. The van der Waals surface area contributed by atoms with Crippen molar-refractivity contribution in [2.75, 3.05) is 18.8 Å². The maximum Gasteiger partial charge on any atom is 0.418 e. The van der Waals surface area contributed by atoms with Crippen LogP contribution in [0.5, 0.6) is 0 Å². The number of rotatable bonds is 4. The van der Waals surface area contributed by atoms with E-state index in [1.807, 2.05) is 0 Å². The maximum absolute atomic E-state index is 14.9. The third-order valence-electron chi connectivity index (χ3n) is 6.74. The van der Waals surface area contributed by atoms with Crippen LogP contribution in [0.1, 0.15) is 37.7 Å². The Hall–Kier alpha value is -4.49. The largest absolute Gasteiger partial charge is 0.418 e. The molecule has 1 saturated heterocycles. The molecule has 0 radical (unpaired) electrons. The van der Waals surface area contributed by atoms with Crippen LogP contribution in [0.2, 0.25) is 0 Å². The lowest BCUT2D eigenvalue weighted by Crippen LogP contribution is -2.42. The van der Waals surface area contributed by atoms with Gasteiger partial charge in [-0.15, -0.1) is 0 Å². The van der Waals surface area contributed by atoms with Gasteiger partial charge in [-0.05, 0) is 37.6 Å². The van der Waals surface area contributed by atoms with Crippen molar-refractivity contribution in [1.82, 2.24) is 34.6 Å². The maximum atomic E-state index is 14.9. The summed E-state index contributed by atoms with van der Waals surface area (Å²) in [4.78, 5) is 31.1. The summed E-state index contributed by atoms with van der Waals surface area (Å²) in [5, 5.41) is 10.7. The molecule has 3 aromatic heterocycles.